The number of ether oxygens (including phenoxy) is 1. The van der Waals surface area contributed by atoms with Crippen LogP contribution in [-0.2, 0) is 26.2 Å². The van der Waals surface area contributed by atoms with Crippen molar-refractivity contribution in [1.29, 1.82) is 0 Å². The van der Waals surface area contributed by atoms with Crippen LogP contribution in [0.3, 0.4) is 0 Å². The minimum absolute atomic E-state index is 0.00334. The molecular formula is C17H24N2O5S. The van der Waals surface area contributed by atoms with E-state index in [2.05, 4.69) is 0 Å². The highest BCUT2D eigenvalue weighted by molar-refractivity contribution is 7.88. The molecule has 0 N–H and O–H groups in total. The van der Waals surface area contributed by atoms with Gasteiger partial charge in [0.1, 0.15) is 6.61 Å². The second-order valence-electron chi connectivity index (χ2n) is 6.67. The Morgan fingerprint density at radius 2 is 2.04 bits per heavy atom. The third-order valence-electron chi connectivity index (χ3n) is 4.69. The van der Waals surface area contributed by atoms with E-state index in [4.69, 9.17) is 9.57 Å². The Morgan fingerprint density at radius 1 is 1.28 bits per heavy atom. The molecule has 1 amide bonds. The Hall–Kier alpha value is -1.64. The zero-order chi connectivity index (χ0) is 17.9. The van der Waals surface area contributed by atoms with E-state index in [0.717, 1.165) is 16.5 Å². The largest absolute Gasteiger partial charge is 0.445 e. The summed E-state index contributed by atoms with van der Waals surface area (Å²) in [4.78, 5) is 19.0. The van der Waals surface area contributed by atoms with Gasteiger partial charge in [0.2, 0.25) is 10.0 Å². The summed E-state index contributed by atoms with van der Waals surface area (Å²) in [7, 11) is -3.45. The topological polar surface area (TPSA) is 76.2 Å². The van der Waals surface area contributed by atoms with Crippen LogP contribution in [0.2, 0.25) is 0 Å². The summed E-state index contributed by atoms with van der Waals surface area (Å²) in [6.07, 6.45) is 0.324. The Kier molecular flexibility index (Phi) is 5.61. The summed E-state index contributed by atoms with van der Waals surface area (Å²) < 4.78 is 31.2. The first-order chi connectivity index (χ1) is 12.0. The van der Waals surface area contributed by atoms with Crippen LogP contribution in [0, 0.1) is 11.8 Å². The van der Waals surface area contributed by atoms with E-state index in [1.54, 1.807) is 4.90 Å². The molecule has 2 unspecified atom stereocenters. The number of carbonyl (C=O) groups is 1. The van der Waals surface area contributed by atoms with Gasteiger partial charge in [0.25, 0.3) is 0 Å². The fourth-order valence-electron chi connectivity index (χ4n) is 3.21. The van der Waals surface area contributed by atoms with Gasteiger partial charge in [0.05, 0.1) is 12.4 Å². The van der Waals surface area contributed by atoms with Crippen molar-refractivity contribution in [2.75, 3.05) is 32.0 Å². The average molecular weight is 368 g/mol. The van der Waals surface area contributed by atoms with Crippen molar-refractivity contribution in [2.45, 2.75) is 20.0 Å². The number of amides is 1. The van der Waals surface area contributed by atoms with E-state index in [-0.39, 0.29) is 24.2 Å². The van der Waals surface area contributed by atoms with Crippen LogP contribution in [0.4, 0.5) is 4.79 Å². The van der Waals surface area contributed by atoms with Crippen molar-refractivity contribution in [3.8, 4) is 0 Å². The zero-order valence-corrected chi connectivity index (χ0v) is 15.2. The fourth-order valence-corrected chi connectivity index (χ4v) is 4.99. The van der Waals surface area contributed by atoms with E-state index in [1.807, 2.05) is 37.3 Å². The Labute approximate surface area is 148 Å². The van der Waals surface area contributed by atoms with E-state index in [0.29, 0.717) is 26.2 Å². The first kappa shape index (κ1) is 18.2. The molecule has 0 spiro atoms. The van der Waals surface area contributed by atoms with E-state index >= 15 is 0 Å². The first-order valence-corrected chi connectivity index (χ1v) is 10.2. The second kappa shape index (κ2) is 7.72. The molecular weight excluding hydrogens is 344 g/mol. The van der Waals surface area contributed by atoms with Crippen molar-refractivity contribution >= 4 is 16.1 Å². The maximum absolute atomic E-state index is 12.4. The lowest BCUT2D eigenvalue weighted by atomic mass is 10.0. The Bertz CT molecular complexity index is 688. The number of carbonyl (C=O) groups excluding carboxylic acids is 1. The summed E-state index contributed by atoms with van der Waals surface area (Å²) in [6.45, 7) is 3.94. The number of benzene rings is 1. The molecule has 1 aromatic carbocycles. The summed E-state index contributed by atoms with van der Waals surface area (Å²) in [5, 5.41) is 0. The van der Waals surface area contributed by atoms with Crippen LogP contribution >= 0.6 is 0 Å². The van der Waals surface area contributed by atoms with Crippen molar-refractivity contribution in [3.05, 3.63) is 35.9 Å². The molecule has 2 heterocycles. The van der Waals surface area contributed by atoms with Crippen molar-refractivity contribution < 1.29 is 22.8 Å². The maximum Gasteiger partial charge on any atom is 0.410 e. The molecule has 2 aliphatic rings. The van der Waals surface area contributed by atoms with E-state index in [1.165, 1.54) is 0 Å². The van der Waals surface area contributed by atoms with Gasteiger partial charge in [-0.05, 0) is 23.8 Å². The number of nitrogens with zero attached hydrogens (tertiary/aromatic N) is 2. The normalized spacial score (nSPS) is 24.6. The van der Waals surface area contributed by atoms with Crippen molar-refractivity contribution in [1.82, 2.24) is 9.37 Å². The summed E-state index contributed by atoms with van der Waals surface area (Å²) in [5.74, 6) is -0.0171. The van der Waals surface area contributed by atoms with Crippen LogP contribution in [0.15, 0.2) is 30.3 Å². The molecule has 2 fully saturated rings. The monoisotopic (exact) mass is 368 g/mol. The molecule has 1 aromatic rings. The maximum atomic E-state index is 12.4. The minimum Gasteiger partial charge on any atom is -0.445 e. The van der Waals surface area contributed by atoms with Gasteiger partial charge in [-0.1, -0.05) is 41.7 Å². The number of hydrogen-bond donors (Lipinski definition) is 0. The SMILES string of the molecule is CC1CN(C(=O)OCc2ccccc2)CC1CS(=O)(=O)N1CCCO1. The van der Waals surface area contributed by atoms with Gasteiger partial charge in [-0.2, -0.15) is 0 Å². The number of rotatable bonds is 5. The van der Waals surface area contributed by atoms with Crippen LogP contribution < -0.4 is 0 Å². The van der Waals surface area contributed by atoms with Gasteiger partial charge in [0, 0.05) is 19.6 Å². The lowest BCUT2D eigenvalue weighted by Crippen LogP contribution is -2.34. The zero-order valence-electron chi connectivity index (χ0n) is 14.3. The van der Waals surface area contributed by atoms with Crippen LogP contribution in [-0.4, -0.2) is 55.9 Å². The molecule has 7 nitrogen and oxygen atoms in total. The molecule has 138 valence electrons. The fraction of sp³-hybridized carbons (Fsp3) is 0.588. The Morgan fingerprint density at radius 3 is 2.72 bits per heavy atom. The Balaban J connectivity index is 1.53. The average Bonchev–Trinajstić information content (AvgIpc) is 3.25. The van der Waals surface area contributed by atoms with Gasteiger partial charge < -0.3 is 9.64 Å². The highest BCUT2D eigenvalue weighted by Crippen LogP contribution is 2.27. The summed E-state index contributed by atoms with van der Waals surface area (Å²) >= 11 is 0. The predicted molar refractivity (Wildman–Crippen MR) is 91.9 cm³/mol. The van der Waals surface area contributed by atoms with Crippen LogP contribution in [0.25, 0.3) is 0 Å². The molecule has 0 saturated carbocycles. The summed E-state index contributed by atoms with van der Waals surface area (Å²) in [5.41, 5.74) is 0.924. The third-order valence-corrected chi connectivity index (χ3v) is 6.44. The van der Waals surface area contributed by atoms with Gasteiger partial charge in [-0.25, -0.2) is 13.2 Å². The van der Waals surface area contributed by atoms with Crippen molar-refractivity contribution in [2.24, 2.45) is 11.8 Å². The molecule has 0 radical (unpaired) electrons. The molecule has 0 aliphatic carbocycles. The van der Waals surface area contributed by atoms with Crippen molar-refractivity contribution in [3.63, 3.8) is 0 Å². The lowest BCUT2D eigenvalue weighted by Gasteiger charge is -2.19. The lowest BCUT2D eigenvalue weighted by molar-refractivity contribution is -0.0287. The molecule has 2 saturated heterocycles. The molecule has 25 heavy (non-hydrogen) atoms. The van der Waals surface area contributed by atoms with Gasteiger partial charge in [-0.3, -0.25) is 4.84 Å². The number of hydrogen-bond acceptors (Lipinski definition) is 5. The van der Waals surface area contributed by atoms with Gasteiger partial charge in [0.15, 0.2) is 0 Å². The molecule has 0 bridgehead atoms. The highest BCUT2D eigenvalue weighted by atomic mass is 32.2. The quantitative estimate of drug-likeness (QED) is 0.793. The van der Waals surface area contributed by atoms with Crippen LogP contribution in [0.5, 0.6) is 0 Å². The predicted octanol–water partition coefficient (Wildman–Crippen LogP) is 1.86. The standard InChI is InChI=1S/C17H24N2O5S/c1-14-10-18(17(20)23-12-15-6-3-2-4-7-15)11-16(14)13-25(21,22)19-8-5-9-24-19/h2-4,6-7,14,16H,5,8-13H2,1H3. The second-order valence-corrected chi connectivity index (χ2v) is 8.58. The van der Waals surface area contributed by atoms with Gasteiger partial charge in [-0.15, -0.1) is 0 Å². The van der Waals surface area contributed by atoms with E-state index in [9.17, 15) is 13.2 Å². The highest BCUT2D eigenvalue weighted by Gasteiger charge is 2.38. The molecule has 2 aliphatic heterocycles. The molecule has 3 rings (SSSR count). The minimum atomic E-state index is -3.45. The summed E-state index contributed by atoms with van der Waals surface area (Å²) in [6, 6.07) is 9.48. The van der Waals surface area contributed by atoms with Gasteiger partial charge >= 0.3 is 6.09 Å². The number of hydroxylamine groups is 1. The number of likely N-dealkylation sites (tertiary alicyclic amines) is 1. The third kappa shape index (κ3) is 4.50. The van der Waals surface area contributed by atoms with Crippen LogP contribution in [0.1, 0.15) is 18.9 Å². The first-order valence-electron chi connectivity index (χ1n) is 8.54. The molecule has 0 aromatic heterocycles. The smallest absolute Gasteiger partial charge is 0.410 e. The molecule has 8 heteroatoms. The number of sulfonamides is 1. The molecule has 2 atom stereocenters. The van der Waals surface area contributed by atoms with E-state index < -0.39 is 16.1 Å².